The Balaban J connectivity index is 2.70. The molecule has 0 aliphatic heterocycles. The van der Waals surface area contributed by atoms with Crippen molar-refractivity contribution in [1.82, 2.24) is 5.32 Å². The minimum absolute atomic E-state index is 0.188. The number of benzene rings is 1. The van der Waals surface area contributed by atoms with E-state index >= 15 is 0 Å². The fourth-order valence-electron chi connectivity index (χ4n) is 2.47. The average molecular weight is 415 g/mol. The van der Waals surface area contributed by atoms with E-state index in [1.165, 1.54) is 0 Å². The van der Waals surface area contributed by atoms with Gasteiger partial charge in [-0.15, -0.1) is 0 Å². The molecule has 0 atom stereocenters. The topological polar surface area (TPSA) is 61.5 Å². The summed E-state index contributed by atoms with van der Waals surface area (Å²) in [5.74, 6) is 3.91. The number of nitrogens with zero attached hydrogens (tertiary/aromatic N) is 2. The van der Waals surface area contributed by atoms with Crippen LogP contribution in [0.5, 0.6) is 0 Å². The Kier molecular flexibility index (Phi) is 9.57. The minimum atomic E-state index is -3.65. The molecule has 0 saturated heterocycles. The van der Waals surface area contributed by atoms with E-state index in [2.05, 4.69) is 48.6 Å². The van der Waals surface area contributed by atoms with Crippen LogP contribution in [0.2, 0.25) is 0 Å². The predicted molar refractivity (Wildman–Crippen MR) is 122 cm³/mol. The molecule has 29 heavy (non-hydrogen) atoms. The second-order valence-electron chi connectivity index (χ2n) is 7.45. The van der Waals surface area contributed by atoms with Gasteiger partial charge in [0, 0.05) is 42.5 Å². The lowest BCUT2D eigenvalue weighted by molar-refractivity contribution is -0.438. The maximum absolute atomic E-state index is 12.4. The van der Waals surface area contributed by atoms with Gasteiger partial charge in [-0.3, -0.25) is 4.99 Å². The molecule has 1 N–H and O–H groups in total. The standard InChI is InChI=1S/C23H32N3O2S/c1-18(2)16-23(24-6)25-20(5)10-8-9-15-29(27,28)22-13-11-21(12-14-22)26(7)17-19(3)4/h11-14,16,19H,5,7-8,10,17H2,1-4,6H3,(H,24,25)/q+1. The summed E-state index contributed by atoms with van der Waals surface area (Å²) in [6.45, 7) is 16.9. The van der Waals surface area contributed by atoms with Gasteiger partial charge in [0.1, 0.15) is 12.6 Å². The fraction of sp³-hybridized carbons (Fsp3) is 0.391. The second-order valence-corrected chi connectivity index (χ2v) is 9.13. The normalized spacial score (nSPS) is 11.4. The highest BCUT2D eigenvalue weighted by Crippen LogP contribution is 2.17. The van der Waals surface area contributed by atoms with Gasteiger partial charge in [-0.05, 0) is 38.5 Å². The maximum atomic E-state index is 12.4. The molecule has 0 aromatic heterocycles. The lowest BCUT2D eigenvalue weighted by Gasteiger charge is -2.08. The monoisotopic (exact) mass is 414 g/mol. The molecule has 6 heteroatoms. The van der Waals surface area contributed by atoms with Crippen molar-refractivity contribution in [2.75, 3.05) is 13.6 Å². The van der Waals surface area contributed by atoms with Crippen LogP contribution < -0.4 is 5.32 Å². The van der Waals surface area contributed by atoms with Crippen LogP contribution in [0.4, 0.5) is 5.69 Å². The number of aliphatic imine (C=N–C) groups is 1. The summed E-state index contributed by atoms with van der Waals surface area (Å²) in [5.41, 5.74) is 2.73. The number of nitrogens with one attached hydrogen (secondary N) is 1. The van der Waals surface area contributed by atoms with E-state index in [1.807, 2.05) is 24.5 Å². The van der Waals surface area contributed by atoms with Crippen molar-refractivity contribution >= 4 is 28.1 Å². The Labute approximate surface area is 175 Å². The molecular weight excluding hydrogens is 382 g/mol. The van der Waals surface area contributed by atoms with Crippen LogP contribution in [0.3, 0.4) is 0 Å². The lowest BCUT2D eigenvalue weighted by Crippen LogP contribution is -2.20. The van der Waals surface area contributed by atoms with E-state index in [0.29, 0.717) is 24.6 Å². The molecule has 5 nitrogen and oxygen atoms in total. The molecule has 0 spiro atoms. The van der Waals surface area contributed by atoms with E-state index in [0.717, 1.165) is 23.5 Å². The van der Waals surface area contributed by atoms with Gasteiger partial charge in [0.2, 0.25) is 15.5 Å². The highest BCUT2D eigenvalue weighted by atomic mass is 32.2. The first-order chi connectivity index (χ1) is 13.5. The van der Waals surface area contributed by atoms with Gasteiger partial charge >= 0.3 is 0 Å². The molecule has 0 radical (unpaired) electrons. The summed E-state index contributed by atoms with van der Waals surface area (Å²) in [4.78, 5) is 4.33. The van der Waals surface area contributed by atoms with Crippen LogP contribution in [-0.4, -0.2) is 39.1 Å². The molecule has 1 rings (SSSR count). The SMILES string of the molecule is C=C(CCC#CS(=O)(=O)c1ccc([N+](=C)CC(C)C)cc1)NC(C=C(C)C)=NC. The van der Waals surface area contributed by atoms with Crippen LogP contribution in [0.15, 0.2) is 58.1 Å². The molecule has 1 aromatic carbocycles. The van der Waals surface area contributed by atoms with Gasteiger partial charge in [0.25, 0.3) is 0 Å². The van der Waals surface area contributed by atoms with E-state index in [-0.39, 0.29) is 4.90 Å². The fourth-order valence-corrected chi connectivity index (χ4v) is 3.38. The Bertz CT molecular complexity index is 954. The molecule has 0 fully saturated rings. The van der Waals surface area contributed by atoms with Gasteiger partial charge in [0.05, 0.1) is 4.90 Å². The van der Waals surface area contributed by atoms with E-state index in [4.69, 9.17) is 0 Å². The minimum Gasteiger partial charge on any atom is -0.345 e. The summed E-state index contributed by atoms with van der Waals surface area (Å²) in [6.07, 6.45) is 2.83. The Morgan fingerprint density at radius 1 is 1.28 bits per heavy atom. The first-order valence-electron chi connectivity index (χ1n) is 9.54. The molecule has 0 heterocycles. The van der Waals surface area contributed by atoms with Crippen molar-refractivity contribution in [3.8, 4) is 11.2 Å². The van der Waals surface area contributed by atoms with Gasteiger partial charge in [-0.25, -0.2) is 13.0 Å². The zero-order valence-electron chi connectivity index (χ0n) is 18.1. The molecular formula is C23H32N3O2S+. The van der Waals surface area contributed by atoms with Crippen molar-refractivity contribution in [2.24, 2.45) is 10.9 Å². The number of hydrogen-bond acceptors (Lipinski definition) is 3. The second kappa shape index (κ2) is 11.4. The van der Waals surface area contributed by atoms with E-state index in [9.17, 15) is 8.42 Å². The van der Waals surface area contributed by atoms with Crippen LogP contribution in [0, 0.1) is 17.1 Å². The van der Waals surface area contributed by atoms with Gasteiger partial charge in [-0.2, -0.15) is 0 Å². The molecule has 1 aromatic rings. The number of hydrogen-bond donors (Lipinski definition) is 1. The Morgan fingerprint density at radius 2 is 1.90 bits per heavy atom. The molecule has 0 saturated carbocycles. The third kappa shape index (κ3) is 8.93. The first-order valence-corrected chi connectivity index (χ1v) is 11.0. The maximum Gasteiger partial charge on any atom is 0.245 e. The average Bonchev–Trinajstić information content (AvgIpc) is 2.64. The zero-order chi connectivity index (χ0) is 22.0. The quantitative estimate of drug-likeness (QED) is 0.227. The highest BCUT2D eigenvalue weighted by Gasteiger charge is 2.14. The third-order valence-electron chi connectivity index (χ3n) is 3.83. The van der Waals surface area contributed by atoms with Crippen molar-refractivity contribution < 1.29 is 13.0 Å². The van der Waals surface area contributed by atoms with Crippen molar-refractivity contribution in [2.45, 2.75) is 45.4 Å². The van der Waals surface area contributed by atoms with Gasteiger partial charge in [0.15, 0.2) is 6.54 Å². The Morgan fingerprint density at radius 3 is 2.41 bits per heavy atom. The van der Waals surface area contributed by atoms with E-state index < -0.39 is 9.84 Å². The predicted octanol–water partition coefficient (Wildman–Crippen LogP) is 4.30. The van der Waals surface area contributed by atoms with Gasteiger partial charge < -0.3 is 5.32 Å². The van der Waals surface area contributed by atoms with Crippen molar-refractivity contribution in [1.29, 1.82) is 0 Å². The van der Waals surface area contributed by atoms with Crippen LogP contribution in [0.25, 0.3) is 0 Å². The molecule has 0 bridgehead atoms. The number of amidine groups is 1. The van der Waals surface area contributed by atoms with Crippen LogP contribution in [-0.2, 0) is 9.84 Å². The first kappa shape index (κ1) is 24.4. The number of sulfone groups is 1. The number of allylic oxidation sites excluding steroid dienone is 2. The molecule has 0 aliphatic carbocycles. The van der Waals surface area contributed by atoms with Crippen LogP contribution in [0.1, 0.15) is 40.5 Å². The van der Waals surface area contributed by atoms with Gasteiger partial charge in [-0.1, -0.05) is 31.9 Å². The molecule has 0 unspecified atom stereocenters. The lowest BCUT2D eigenvalue weighted by atomic mass is 10.2. The molecule has 0 aliphatic rings. The number of rotatable bonds is 8. The van der Waals surface area contributed by atoms with E-state index in [1.54, 1.807) is 31.3 Å². The summed E-state index contributed by atoms with van der Waals surface area (Å²) in [7, 11) is -1.95. The third-order valence-corrected chi connectivity index (χ3v) is 5.13. The highest BCUT2D eigenvalue weighted by molar-refractivity contribution is 7.96. The summed E-state index contributed by atoms with van der Waals surface area (Å²) in [6, 6.07) is 6.65. The smallest absolute Gasteiger partial charge is 0.245 e. The zero-order valence-corrected chi connectivity index (χ0v) is 18.9. The largest absolute Gasteiger partial charge is 0.345 e. The molecule has 0 amide bonds. The van der Waals surface area contributed by atoms with Crippen molar-refractivity contribution in [3.05, 3.63) is 48.2 Å². The summed E-state index contributed by atoms with van der Waals surface area (Å²) in [5, 5.41) is 5.50. The van der Waals surface area contributed by atoms with Crippen LogP contribution >= 0.6 is 0 Å². The summed E-state index contributed by atoms with van der Waals surface area (Å²) < 4.78 is 26.7. The van der Waals surface area contributed by atoms with Crippen molar-refractivity contribution in [3.63, 3.8) is 0 Å². The summed E-state index contributed by atoms with van der Waals surface area (Å²) >= 11 is 0. The Hall–Kier alpha value is -2.65. The molecule has 156 valence electrons.